The lowest BCUT2D eigenvalue weighted by Crippen LogP contribution is -2.24. The van der Waals surface area contributed by atoms with Gasteiger partial charge in [0.05, 0.1) is 16.6 Å². The summed E-state index contributed by atoms with van der Waals surface area (Å²) in [5, 5.41) is 0. The lowest BCUT2D eigenvalue weighted by Gasteiger charge is -2.24. The van der Waals surface area contributed by atoms with Gasteiger partial charge in [0.2, 0.25) is 5.95 Å². The van der Waals surface area contributed by atoms with E-state index in [4.69, 9.17) is 5.73 Å². The largest absolute Gasteiger partial charge is 0.416 e. The topological polar surface area (TPSA) is 43.8 Å². The number of hydrogen-bond donors (Lipinski definition) is 1. The van der Waals surface area contributed by atoms with Crippen LogP contribution >= 0.6 is 11.8 Å². The Hall–Kier alpha value is -1.37. The number of nitrogens with zero attached hydrogens (tertiary/aromatic N) is 2. The Bertz CT molecular complexity index is 672. The van der Waals surface area contributed by atoms with Crippen LogP contribution in [0, 0.1) is 0 Å². The van der Waals surface area contributed by atoms with Crippen LogP contribution in [0.25, 0.3) is 11.0 Å². The molecule has 1 saturated heterocycles. The average molecular weight is 315 g/mol. The van der Waals surface area contributed by atoms with Gasteiger partial charge in [0, 0.05) is 11.3 Å². The van der Waals surface area contributed by atoms with Crippen LogP contribution in [-0.2, 0) is 12.7 Å². The van der Waals surface area contributed by atoms with Gasteiger partial charge in [0.15, 0.2) is 0 Å². The summed E-state index contributed by atoms with van der Waals surface area (Å²) in [7, 11) is 0. The molecule has 1 aromatic heterocycles. The first-order valence-electron chi connectivity index (χ1n) is 6.75. The van der Waals surface area contributed by atoms with Crippen LogP contribution < -0.4 is 5.73 Å². The Morgan fingerprint density at radius 3 is 2.81 bits per heavy atom. The van der Waals surface area contributed by atoms with Crippen molar-refractivity contribution in [2.45, 2.75) is 37.2 Å². The third-order valence-electron chi connectivity index (χ3n) is 3.90. The van der Waals surface area contributed by atoms with Gasteiger partial charge in [-0.05, 0) is 43.7 Å². The highest BCUT2D eigenvalue weighted by molar-refractivity contribution is 8.00. The van der Waals surface area contributed by atoms with E-state index in [-0.39, 0.29) is 10.7 Å². The predicted octanol–water partition coefficient (Wildman–Crippen LogP) is 3.92. The number of benzene rings is 1. The molecule has 1 fully saturated rings. The van der Waals surface area contributed by atoms with Crippen LogP contribution in [0.4, 0.5) is 19.1 Å². The van der Waals surface area contributed by atoms with E-state index in [1.807, 2.05) is 16.3 Å². The molecule has 1 aromatic carbocycles. The van der Waals surface area contributed by atoms with Gasteiger partial charge in [0.1, 0.15) is 0 Å². The van der Waals surface area contributed by atoms with Gasteiger partial charge in [0.25, 0.3) is 0 Å². The summed E-state index contributed by atoms with van der Waals surface area (Å²) < 4.78 is 40.1. The smallest absolute Gasteiger partial charge is 0.369 e. The fourth-order valence-electron chi connectivity index (χ4n) is 2.79. The fourth-order valence-corrected chi connectivity index (χ4v) is 4.08. The maximum Gasteiger partial charge on any atom is 0.416 e. The Morgan fingerprint density at radius 1 is 1.43 bits per heavy atom. The number of rotatable bonds is 2. The number of nitrogen functional groups attached to an aromatic ring is 1. The van der Waals surface area contributed by atoms with Crippen molar-refractivity contribution < 1.29 is 13.2 Å². The maximum absolute atomic E-state index is 12.7. The first kappa shape index (κ1) is 14.6. The Kier molecular flexibility index (Phi) is 3.35. The number of alkyl halides is 3. The first-order valence-corrected chi connectivity index (χ1v) is 7.74. The van der Waals surface area contributed by atoms with E-state index in [1.165, 1.54) is 6.07 Å². The second-order valence-corrected chi connectivity index (χ2v) is 7.34. The second kappa shape index (κ2) is 4.83. The van der Waals surface area contributed by atoms with Crippen molar-refractivity contribution in [3.63, 3.8) is 0 Å². The van der Waals surface area contributed by atoms with Crippen LogP contribution in [0.2, 0.25) is 0 Å². The van der Waals surface area contributed by atoms with Gasteiger partial charge in [-0.25, -0.2) is 4.98 Å². The number of fused-ring (bicyclic) bond motifs is 1. The minimum atomic E-state index is -4.36. The molecule has 3 rings (SSSR count). The Morgan fingerprint density at radius 2 is 2.19 bits per heavy atom. The molecule has 21 heavy (non-hydrogen) atoms. The molecular formula is C14H16F3N3S. The average Bonchev–Trinajstić information content (AvgIpc) is 2.94. The SMILES string of the molecule is CC1(Cn2c(N)nc3cc(C(F)(F)F)ccc32)CCCS1. The molecule has 114 valence electrons. The van der Waals surface area contributed by atoms with Crippen molar-refractivity contribution >= 4 is 28.7 Å². The summed E-state index contributed by atoms with van der Waals surface area (Å²) in [6.45, 7) is 2.84. The summed E-state index contributed by atoms with van der Waals surface area (Å²) >= 11 is 1.88. The van der Waals surface area contributed by atoms with E-state index < -0.39 is 11.7 Å². The highest BCUT2D eigenvalue weighted by atomic mass is 32.2. The van der Waals surface area contributed by atoms with Gasteiger partial charge in [-0.1, -0.05) is 0 Å². The van der Waals surface area contributed by atoms with E-state index in [0.717, 1.165) is 30.7 Å². The molecule has 2 N–H and O–H groups in total. The lowest BCUT2D eigenvalue weighted by molar-refractivity contribution is -0.137. The monoisotopic (exact) mass is 315 g/mol. The van der Waals surface area contributed by atoms with E-state index in [1.54, 1.807) is 0 Å². The van der Waals surface area contributed by atoms with Gasteiger partial charge in [-0.2, -0.15) is 24.9 Å². The zero-order valence-corrected chi connectivity index (χ0v) is 12.4. The van der Waals surface area contributed by atoms with Crippen molar-refractivity contribution in [3.05, 3.63) is 23.8 Å². The van der Waals surface area contributed by atoms with Crippen molar-refractivity contribution in [3.8, 4) is 0 Å². The van der Waals surface area contributed by atoms with Crippen molar-refractivity contribution in [2.24, 2.45) is 0 Å². The minimum Gasteiger partial charge on any atom is -0.369 e. The standard InChI is InChI=1S/C14H16F3N3S/c1-13(5-2-6-21-13)8-20-11-4-3-9(14(15,16)17)7-10(11)19-12(20)18/h3-4,7H,2,5-6,8H2,1H3,(H2,18,19). The van der Waals surface area contributed by atoms with Gasteiger partial charge in [-0.15, -0.1) is 0 Å². The van der Waals surface area contributed by atoms with Gasteiger partial charge in [-0.3, -0.25) is 0 Å². The summed E-state index contributed by atoms with van der Waals surface area (Å²) in [4.78, 5) is 4.09. The van der Waals surface area contributed by atoms with Crippen molar-refractivity contribution in [2.75, 3.05) is 11.5 Å². The molecule has 0 aliphatic carbocycles. The third-order valence-corrected chi connectivity index (χ3v) is 5.42. The Balaban J connectivity index is 2.02. The number of halogens is 3. The molecule has 1 unspecified atom stereocenters. The molecule has 3 nitrogen and oxygen atoms in total. The van der Waals surface area contributed by atoms with Gasteiger partial charge >= 0.3 is 6.18 Å². The molecule has 0 bridgehead atoms. The summed E-state index contributed by atoms with van der Waals surface area (Å²) in [5.74, 6) is 1.39. The number of anilines is 1. The first-order chi connectivity index (χ1) is 9.78. The zero-order chi connectivity index (χ0) is 15.3. The molecular weight excluding hydrogens is 299 g/mol. The molecule has 1 atom stereocenters. The number of thioether (sulfide) groups is 1. The van der Waals surface area contributed by atoms with E-state index >= 15 is 0 Å². The molecule has 0 radical (unpaired) electrons. The molecule has 0 spiro atoms. The lowest BCUT2D eigenvalue weighted by atomic mass is 10.1. The van der Waals surface area contributed by atoms with Crippen molar-refractivity contribution in [1.82, 2.24) is 9.55 Å². The van der Waals surface area contributed by atoms with Crippen LogP contribution in [0.1, 0.15) is 25.3 Å². The van der Waals surface area contributed by atoms with E-state index in [2.05, 4.69) is 11.9 Å². The van der Waals surface area contributed by atoms with Crippen molar-refractivity contribution in [1.29, 1.82) is 0 Å². The van der Waals surface area contributed by atoms with Crippen LogP contribution in [0.5, 0.6) is 0 Å². The second-order valence-electron chi connectivity index (χ2n) is 5.66. The van der Waals surface area contributed by atoms with E-state index in [9.17, 15) is 13.2 Å². The van der Waals surface area contributed by atoms with Crippen LogP contribution in [0.3, 0.4) is 0 Å². The highest BCUT2D eigenvalue weighted by Crippen LogP contribution is 2.40. The minimum absolute atomic E-state index is 0.0739. The van der Waals surface area contributed by atoms with E-state index in [0.29, 0.717) is 17.6 Å². The molecule has 1 aliphatic rings. The van der Waals surface area contributed by atoms with Gasteiger partial charge < -0.3 is 10.3 Å². The molecule has 2 aromatic rings. The normalized spacial score (nSPS) is 23.0. The molecule has 1 aliphatic heterocycles. The molecule has 0 amide bonds. The van der Waals surface area contributed by atoms with Crippen LogP contribution in [0.15, 0.2) is 18.2 Å². The number of imidazole rings is 1. The van der Waals surface area contributed by atoms with Crippen LogP contribution in [-0.4, -0.2) is 20.1 Å². The molecule has 0 saturated carbocycles. The zero-order valence-electron chi connectivity index (χ0n) is 11.6. The summed E-state index contributed by atoms with van der Waals surface area (Å²) in [6, 6.07) is 3.61. The molecule has 7 heteroatoms. The third kappa shape index (κ3) is 2.71. The summed E-state index contributed by atoms with van der Waals surface area (Å²) in [6.07, 6.45) is -2.12. The molecule has 2 heterocycles. The maximum atomic E-state index is 12.7. The predicted molar refractivity (Wildman–Crippen MR) is 79.2 cm³/mol. The number of nitrogens with two attached hydrogens (primary N) is 1. The number of hydrogen-bond acceptors (Lipinski definition) is 3. The quantitative estimate of drug-likeness (QED) is 0.913. The number of aromatic nitrogens is 2. The highest BCUT2D eigenvalue weighted by Gasteiger charge is 2.33. The summed E-state index contributed by atoms with van der Waals surface area (Å²) in [5.41, 5.74) is 6.18. The Labute approximate surface area is 124 Å². The fraction of sp³-hybridized carbons (Fsp3) is 0.500.